The van der Waals surface area contributed by atoms with Gasteiger partial charge in [0.05, 0.1) is 0 Å². The van der Waals surface area contributed by atoms with Gasteiger partial charge in [0.2, 0.25) is 0 Å². The number of ether oxygens (including phenoxy) is 2. The maximum absolute atomic E-state index is 16.8. The fraction of sp³-hybridized carbons (Fsp3) is 0.447. The molecule has 7 heteroatoms. The van der Waals surface area contributed by atoms with Gasteiger partial charge < -0.3 is 0 Å². The third-order valence-electron chi connectivity index (χ3n) is 22.0. The van der Waals surface area contributed by atoms with E-state index in [0.29, 0.717) is 66.9 Å². The number of halogens is 2. The molecule has 101 heavy (non-hydrogen) atoms. The number of phenols is 2. The molecule has 0 atom stereocenters. The van der Waals surface area contributed by atoms with Crippen LogP contribution in [0.4, 0.5) is 8.78 Å². The van der Waals surface area contributed by atoms with Gasteiger partial charge in [0.15, 0.2) is 0 Å². The van der Waals surface area contributed by atoms with Gasteiger partial charge in [0, 0.05) is 0 Å². The molecule has 0 unspecified atom stereocenters. The van der Waals surface area contributed by atoms with Crippen molar-refractivity contribution in [2.75, 3.05) is 10.9 Å². The molecule has 0 fully saturated rings. The fourth-order valence-corrected chi connectivity index (χ4v) is 23.9. The van der Waals surface area contributed by atoms with Gasteiger partial charge >= 0.3 is 518 Å². The van der Waals surface area contributed by atoms with Crippen LogP contribution in [0.15, 0.2) is 133 Å². The zero-order chi connectivity index (χ0) is 74.8. The summed E-state index contributed by atoms with van der Waals surface area (Å²) in [4.78, 5) is 0. The average Bonchev–Trinajstić information content (AvgIpc) is 0.736. The summed E-state index contributed by atoms with van der Waals surface area (Å²) in [5.74, 6) is 0.288. The van der Waals surface area contributed by atoms with Crippen molar-refractivity contribution in [1.29, 1.82) is 0 Å². The van der Waals surface area contributed by atoms with Crippen LogP contribution in [0.25, 0.3) is 87.6 Å². The first-order valence-corrected chi connectivity index (χ1v) is 42.4. The molecule has 4 nitrogen and oxygen atoms in total. The number of hydrogen-bond donors (Lipinski definition) is 2. The molecular formula is C94H118F2GeO4. The van der Waals surface area contributed by atoms with Crippen molar-refractivity contribution in [2.45, 2.75) is 249 Å². The summed E-state index contributed by atoms with van der Waals surface area (Å²) in [6.45, 7) is 62.5. The van der Waals surface area contributed by atoms with Crippen molar-refractivity contribution >= 4 is 56.4 Å². The minimum atomic E-state index is -3.64. The van der Waals surface area contributed by atoms with E-state index in [4.69, 9.17) is 9.47 Å². The second-order valence-electron chi connectivity index (χ2n) is 38.6. The zero-order valence-electron chi connectivity index (χ0n) is 66.7. The fourth-order valence-electron chi connectivity index (χ4n) is 16.4. The normalized spacial score (nSPS) is 13.5. The molecular weight excluding hydrogens is 1300 g/mol. The van der Waals surface area contributed by atoms with Crippen LogP contribution in [0.3, 0.4) is 0 Å². The molecule has 10 aromatic carbocycles. The second kappa shape index (κ2) is 26.8. The summed E-state index contributed by atoms with van der Waals surface area (Å²) in [5, 5.41) is 35.6. The molecule has 0 aliphatic heterocycles. The first kappa shape index (κ1) is 76.5. The summed E-state index contributed by atoms with van der Waals surface area (Å²) >= 11 is -3.64. The molecule has 0 saturated carbocycles. The molecule has 0 aliphatic carbocycles. The third-order valence-corrected chi connectivity index (χ3v) is 34.5. The number of phenolic OH excluding ortho intramolecular Hbond substituents is 2. The quantitative estimate of drug-likeness (QED) is 0.0748. The number of aryl methyl sites for hydroxylation is 2. The predicted molar refractivity (Wildman–Crippen MR) is 433 cm³/mol. The van der Waals surface area contributed by atoms with E-state index < -0.39 is 35.7 Å². The first-order valence-electron chi connectivity index (χ1n) is 37.0. The van der Waals surface area contributed by atoms with Crippen molar-refractivity contribution in [3.8, 4) is 67.5 Å². The van der Waals surface area contributed by atoms with E-state index in [1.807, 2.05) is 13.8 Å². The van der Waals surface area contributed by atoms with Gasteiger partial charge in [-0.3, -0.25) is 0 Å². The first-order chi connectivity index (χ1) is 46.4. The maximum atomic E-state index is 16.8. The van der Waals surface area contributed by atoms with Crippen LogP contribution >= 0.6 is 0 Å². The Kier molecular flexibility index (Phi) is 20.3. The average molecular weight is 1420 g/mol. The summed E-state index contributed by atoms with van der Waals surface area (Å²) in [6, 6.07) is 46.4. The topological polar surface area (TPSA) is 58.9 Å². The van der Waals surface area contributed by atoms with Crippen molar-refractivity contribution in [3.63, 3.8) is 0 Å². The van der Waals surface area contributed by atoms with Crippen LogP contribution in [-0.2, 0) is 32.5 Å². The van der Waals surface area contributed by atoms with Crippen LogP contribution in [0.2, 0.25) is 9.50 Å². The molecule has 0 saturated heterocycles. The molecule has 0 radical (unpaired) electrons. The van der Waals surface area contributed by atoms with E-state index in [1.54, 1.807) is 24.3 Å². The van der Waals surface area contributed by atoms with E-state index in [1.165, 1.54) is 22.3 Å². The number of rotatable bonds is 16. The standard InChI is InChI=1S/C94H118F2GeO4/c1-55(2)97(56(3)4,53-100-85-57(5)37-69(95)49-77(85)75-45-67(93(25,26)51-87(7,8)9)47-79(83(75)98)81-71-35-33-63(89(13,14)15)41-61(71)39-59-29-31-65(43-73(59)81)91(19,20)21)54-101-86-58(6)38-70(96)50-78(86)76-46-68(94(27,28)52-88(10,11)12)48-80(84(76)99)82-72-36-34-64(90(16,17)18)42-62(72)40-60-30-32-66(44-74(60)82)92(22,23)24/h29-50,55-56,98-99H,51-54H2,1-28H3. The molecule has 536 valence electrons. The summed E-state index contributed by atoms with van der Waals surface area (Å²) in [7, 11) is 0. The summed E-state index contributed by atoms with van der Waals surface area (Å²) < 4.78 is 48.8. The molecule has 2 N–H and O–H groups in total. The third kappa shape index (κ3) is 15.7. The Morgan fingerprint density at radius 2 is 0.644 bits per heavy atom. The van der Waals surface area contributed by atoms with Crippen LogP contribution in [0.5, 0.6) is 23.0 Å². The van der Waals surface area contributed by atoms with Gasteiger partial charge in [-0.15, -0.1) is 0 Å². The Hall–Kier alpha value is -7.16. The van der Waals surface area contributed by atoms with Crippen molar-refractivity contribution in [2.24, 2.45) is 10.8 Å². The van der Waals surface area contributed by atoms with E-state index >= 15 is 8.78 Å². The monoisotopic (exact) mass is 1420 g/mol. The van der Waals surface area contributed by atoms with Crippen molar-refractivity contribution in [1.82, 2.24) is 0 Å². The molecule has 0 amide bonds. The van der Waals surface area contributed by atoms with Gasteiger partial charge in [-0.1, -0.05) is 83.1 Å². The minimum absolute atomic E-state index is 0.0575. The molecule has 0 spiro atoms. The van der Waals surface area contributed by atoms with Crippen LogP contribution in [0.1, 0.15) is 237 Å². The molecule has 10 rings (SSSR count). The van der Waals surface area contributed by atoms with Gasteiger partial charge in [-0.2, -0.15) is 0 Å². The van der Waals surface area contributed by atoms with Gasteiger partial charge in [-0.25, -0.2) is 0 Å². The van der Waals surface area contributed by atoms with Gasteiger partial charge in [-0.05, 0) is 10.8 Å². The molecule has 0 bridgehead atoms. The predicted octanol–water partition coefficient (Wildman–Crippen LogP) is 27.7. The van der Waals surface area contributed by atoms with E-state index in [2.05, 4.69) is 289 Å². The number of aromatic hydroxyl groups is 2. The van der Waals surface area contributed by atoms with E-state index in [0.717, 1.165) is 78.2 Å². The summed E-state index contributed by atoms with van der Waals surface area (Å²) in [6.07, 6.45) is 1.67. The van der Waals surface area contributed by atoms with Crippen LogP contribution in [-0.4, -0.2) is 34.4 Å². The molecule has 0 aromatic heterocycles. The van der Waals surface area contributed by atoms with Crippen LogP contribution in [0, 0.1) is 36.3 Å². The second-order valence-corrected chi connectivity index (χ2v) is 49.9. The van der Waals surface area contributed by atoms with Crippen LogP contribution < -0.4 is 9.47 Å². The SMILES string of the molecule is Cc1cc(F)cc(-c2cc(C(C)(C)CC(C)(C)C)cc(-c3c4ccc(C(C)(C)C)cc4cc4ccc(C(C)(C)C)cc34)c2O)c1O[CH2][Ge]([CH2]Oc1c(C)cc(F)cc1-c1cc(C(C)(C)CC(C)(C)C)cc(-c2c3ccc(C(C)(C)C)cc3cc3ccc(C(C)(C)C)cc23)c1O)([CH](C)C)[CH](C)C. The van der Waals surface area contributed by atoms with Crippen molar-refractivity contribution < 1.29 is 28.5 Å². The Labute approximate surface area is 608 Å². The molecule has 0 aliphatic rings. The zero-order valence-corrected chi connectivity index (χ0v) is 68.7. The molecule has 10 aromatic rings. The van der Waals surface area contributed by atoms with Gasteiger partial charge in [0.25, 0.3) is 0 Å². The Morgan fingerprint density at radius 1 is 0.337 bits per heavy atom. The molecule has 0 heterocycles. The number of benzene rings is 10. The number of fused-ring (bicyclic) bond motifs is 4. The Bertz CT molecular complexity index is 4530. The van der Waals surface area contributed by atoms with E-state index in [9.17, 15) is 10.2 Å². The summed E-state index contributed by atoms with van der Waals surface area (Å²) in [5.41, 5.74) is 12.5. The number of hydrogen-bond acceptors (Lipinski definition) is 4. The van der Waals surface area contributed by atoms with Crippen molar-refractivity contribution in [3.05, 3.63) is 190 Å². The Morgan fingerprint density at radius 3 is 0.950 bits per heavy atom. The van der Waals surface area contributed by atoms with E-state index in [-0.39, 0.29) is 53.5 Å². The Balaban J connectivity index is 1.16. The van der Waals surface area contributed by atoms with Gasteiger partial charge in [0.1, 0.15) is 0 Å².